The van der Waals surface area contributed by atoms with Crippen LogP contribution >= 0.6 is 0 Å². The van der Waals surface area contributed by atoms with Crippen LogP contribution in [0.4, 0.5) is 0 Å². The van der Waals surface area contributed by atoms with Gasteiger partial charge in [-0.2, -0.15) is 0 Å². The lowest BCUT2D eigenvalue weighted by Gasteiger charge is -2.11. The molecule has 0 amide bonds. The number of aromatic carboxylic acids is 2. The molecule has 0 aliphatic rings. The van der Waals surface area contributed by atoms with Crippen LogP contribution in [-0.4, -0.2) is 22.2 Å². The van der Waals surface area contributed by atoms with Crippen molar-refractivity contribution in [2.75, 3.05) is 0 Å². The predicted molar refractivity (Wildman–Crippen MR) is 71.6 cm³/mol. The van der Waals surface area contributed by atoms with E-state index in [1.54, 1.807) is 25.1 Å². The molecular weight excluding hydrogens is 260 g/mol. The normalized spacial score (nSPS) is 10.1. The van der Waals surface area contributed by atoms with E-state index in [1.807, 2.05) is 0 Å². The molecule has 0 saturated heterocycles. The molecule has 0 unspecified atom stereocenters. The zero-order valence-corrected chi connectivity index (χ0v) is 10.7. The Bertz CT molecular complexity index is 676. The van der Waals surface area contributed by atoms with Crippen molar-refractivity contribution in [3.05, 3.63) is 59.2 Å². The van der Waals surface area contributed by atoms with E-state index in [9.17, 15) is 9.59 Å². The molecule has 0 aliphatic carbocycles. The van der Waals surface area contributed by atoms with Crippen molar-refractivity contribution in [1.82, 2.24) is 0 Å². The lowest BCUT2D eigenvalue weighted by molar-refractivity contribution is 0.0685. The summed E-state index contributed by atoms with van der Waals surface area (Å²) in [6.45, 7) is 1.70. The maximum absolute atomic E-state index is 11.1. The average molecular weight is 272 g/mol. The first-order chi connectivity index (χ1) is 9.49. The van der Waals surface area contributed by atoms with Crippen molar-refractivity contribution in [3.8, 4) is 11.5 Å². The molecule has 0 spiro atoms. The van der Waals surface area contributed by atoms with Crippen LogP contribution in [0, 0.1) is 6.92 Å². The highest BCUT2D eigenvalue weighted by Gasteiger charge is 2.13. The van der Waals surface area contributed by atoms with E-state index < -0.39 is 11.9 Å². The summed E-state index contributed by atoms with van der Waals surface area (Å²) < 4.78 is 5.56. The quantitative estimate of drug-likeness (QED) is 0.893. The predicted octanol–water partition coefficient (Wildman–Crippen LogP) is 3.18. The summed E-state index contributed by atoms with van der Waals surface area (Å²) in [5, 5.41) is 18.0. The van der Waals surface area contributed by atoms with Crippen LogP contribution in [0.25, 0.3) is 0 Å². The summed E-state index contributed by atoms with van der Waals surface area (Å²) in [6, 6.07) is 10.7. The molecule has 20 heavy (non-hydrogen) atoms. The van der Waals surface area contributed by atoms with Gasteiger partial charge >= 0.3 is 11.9 Å². The van der Waals surface area contributed by atoms with Crippen LogP contribution in [-0.2, 0) is 0 Å². The summed E-state index contributed by atoms with van der Waals surface area (Å²) in [7, 11) is 0. The zero-order valence-electron chi connectivity index (χ0n) is 10.7. The number of para-hydroxylation sites is 1. The highest BCUT2D eigenvalue weighted by molar-refractivity contribution is 5.91. The summed E-state index contributed by atoms with van der Waals surface area (Å²) >= 11 is 0. The Morgan fingerprint density at radius 1 is 0.950 bits per heavy atom. The first-order valence-corrected chi connectivity index (χ1v) is 5.83. The topological polar surface area (TPSA) is 83.8 Å². The number of rotatable bonds is 4. The lowest BCUT2D eigenvalue weighted by Crippen LogP contribution is -2.01. The number of benzene rings is 2. The van der Waals surface area contributed by atoms with Crippen molar-refractivity contribution < 1.29 is 24.5 Å². The number of aryl methyl sites for hydroxylation is 1. The Kier molecular flexibility index (Phi) is 3.70. The van der Waals surface area contributed by atoms with Gasteiger partial charge in [0, 0.05) is 0 Å². The fraction of sp³-hybridized carbons (Fsp3) is 0.0667. The van der Waals surface area contributed by atoms with Crippen molar-refractivity contribution in [3.63, 3.8) is 0 Å². The molecule has 2 aromatic carbocycles. The first kappa shape index (κ1) is 13.6. The molecule has 0 bridgehead atoms. The SMILES string of the molecule is Cc1cc(C(=O)O)ccc1Oc1ccccc1C(=O)O. The molecule has 0 fully saturated rings. The Labute approximate surface area is 115 Å². The Hall–Kier alpha value is -2.82. The van der Waals surface area contributed by atoms with Gasteiger partial charge in [-0.15, -0.1) is 0 Å². The molecule has 0 saturated carbocycles. The number of hydrogen-bond donors (Lipinski definition) is 2. The second-order valence-corrected chi connectivity index (χ2v) is 4.19. The molecule has 0 radical (unpaired) electrons. The first-order valence-electron chi connectivity index (χ1n) is 5.83. The minimum Gasteiger partial charge on any atom is -0.478 e. The van der Waals surface area contributed by atoms with E-state index in [0.29, 0.717) is 11.3 Å². The van der Waals surface area contributed by atoms with E-state index >= 15 is 0 Å². The van der Waals surface area contributed by atoms with Crippen LogP contribution in [0.5, 0.6) is 11.5 Å². The van der Waals surface area contributed by atoms with Crippen molar-refractivity contribution in [2.24, 2.45) is 0 Å². The van der Waals surface area contributed by atoms with Crippen LogP contribution in [0.3, 0.4) is 0 Å². The lowest BCUT2D eigenvalue weighted by atomic mass is 10.1. The summed E-state index contributed by atoms with van der Waals surface area (Å²) in [4.78, 5) is 21.9. The molecule has 2 rings (SSSR count). The van der Waals surface area contributed by atoms with Crippen molar-refractivity contribution in [2.45, 2.75) is 6.92 Å². The number of hydrogen-bond acceptors (Lipinski definition) is 3. The largest absolute Gasteiger partial charge is 0.478 e. The minimum absolute atomic E-state index is 0.0502. The smallest absolute Gasteiger partial charge is 0.339 e. The fourth-order valence-electron chi connectivity index (χ4n) is 1.75. The van der Waals surface area contributed by atoms with Crippen LogP contribution in [0.2, 0.25) is 0 Å². The van der Waals surface area contributed by atoms with E-state index in [0.717, 1.165) is 0 Å². The molecule has 0 heterocycles. The molecule has 5 heteroatoms. The summed E-state index contributed by atoms with van der Waals surface area (Å²) in [5.74, 6) is -1.47. The Morgan fingerprint density at radius 2 is 1.65 bits per heavy atom. The minimum atomic E-state index is -1.08. The number of carboxylic acid groups (broad SMARTS) is 2. The van der Waals surface area contributed by atoms with Gasteiger partial charge in [0.25, 0.3) is 0 Å². The van der Waals surface area contributed by atoms with Gasteiger partial charge in [-0.1, -0.05) is 12.1 Å². The highest BCUT2D eigenvalue weighted by Crippen LogP contribution is 2.28. The zero-order chi connectivity index (χ0) is 14.7. The van der Waals surface area contributed by atoms with Gasteiger partial charge in [0.15, 0.2) is 0 Å². The van der Waals surface area contributed by atoms with Gasteiger partial charge in [0.1, 0.15) is 17.1 Å². The maximum Gasteiger partial charge on any atom is 0.339 e. The van der Waals surface area contributed by atoms with E-state index in [1.165, 1.54) is 24.3 Å². The molecule has 102 valence electrons. The van der Waals surface area contributed by atoms with Gasteiger partial charge < -0.3 is 14.9 Å². The third kappa shape index (κ3) is 2.77. The molecule has 0 aliphatic heterocycles. The van der Waals surface area contributed by atoms with Crippen LogP contribution in [0.15, 0.2) is 42.5 Å². The molecule has 0 aromatic heterocycles. The van der Waals surface area contributed by atoms with Gasteiger partial charge in [0.05, 0.1) is 5.56 Å². The second kappa shape index (κ2) is 5.44. The number of carboxylic acids is 2. The highest BCUT2D eigenvalue weighted by atomic mass is 16.5. The van der Waals surface area contributed by atoms with Crippen molar-refractivity contribution in [1.29, 1.82) is 0 Å². The Morgan fingerprint density at radius 3 is 2.25 bits per heavy atom. The summed E-state index contributed by atoms with van der Waals surface area (Å²) in [6.07, 6.45) is 0. The monoisotopic (exact) mass is 272 g/mol. The van der Waals surface area contributed by atoms with Crippen LogP contribution < -0.4 is 4.74 Å². The standard InChI is InChI=1S/C15H12O5/c1-9-8-10(14(16)17)6-7-12(9)20-13-5-3-2-4-11(13)15(18)19/h2-8H,1H3,(H,16,17)(H,18,19). The summed E-state index contributed by atoms with van der Waals surface area (Å²) in [5.41, 5.74) is 0.820. The number of carbonyl (C=O) groups is 2. The van der Waals surface area contributed by atoms with Gasteiger partial charge in [-0.05, 0) is 42.8 Å². The molecule has 0 atom stereocenters. The van der Waals surface area contributed by atoms with E-state index in [4.69, 9.17) is 14.9 Å². The number of ether oxygens (including phenoxy) is 1. The average Bonchev–Trinajstić information content (AvgIpc) is 2.41. The molecular formula is C15H12O5. The van der Waals surface area contributed by atoms with Gasteiger partial charge in [0.2, 0.25) is 0 Å². The van der Waals surface area contributed by atoms with Crippen LogP contribution in [0.1, 0.15) is 26.3 Å². The van der Waals surface area contributed by atoms with Gasteiger partial charge in [-0.25, -0.2) is 9.59 Å². The van der Waals surface area contributed by atoms with Gasteiger partial charge in [-0.3, -0.25) is 0 Å². The van der Waals surface area contributed by atoms with Crippen molar-refractivity contribution >= 4 is 11.9 Å². The second-order valence-electron chi connectivity index (χ2n) is 4.19. The maximum atomic E-state index is 11.1. The molecule has 5 nitrogen and oxygen atoms in total. The van der Waals surface area contributed by atoms with E-state index in [2.05, 4.69) is 0 Å². The Balaban J connectivity index is 2.36. The van der Waals surface area contributed by atoms with E-state index in [-0.39, 0.29) is 16.9 Å². The third-order valence-corrected chi connectivity index (χ3v) is 2.76. The fourth-order valence-corrected chi connectivity index (χ4v) is 1.75. The molecule has 2 N–H and O–H groups in total. The molecule has 2 aromatic rings. The third-order valence-electron chi connectivity index (χ3n) is 2.76.